The third-order valence-corrected chi connectivity index (χ3v) is 5.45. The van der Waals surface area contributed by atoms with E-state index >= 15 is 0 Å². The molecule has 0 radical (unpaired) electrons. The lowest BCUT2D eigenvalue weighted by Crippen LogP contribution is -2.40. The van der Waals surface area contributed by atoms with Crippen LogP contribution in [0.4, 0.5) is 0 Å². The molecule has 2 fully saturated rings. The van der Waals surface area contributed by atoms with Gasteiger partial charge in [0.2, 0.25) is 0 Å². The van der Waals surface area contributed by atoms with Crippen molar-refractivity contribution >= 4 is 5.78 Å². The Morgan fingerprint density at radius 1 is 1.32 bits per heavy atom. The zero-order valence-corrected chi connectivity index (χ0v) is 13.1. The Morgan fingerprint density at radius 2 is 1.95 bits per heavy atom. The fourth-order valence-electron chi connectivity index (χ4n) is 3.44. The van der Waals surface area contributed by atoms with Crippen LogP contribution in [0.1, 0.15) is 72.6 Å². The number of carbonyl (C=O) groups is 1. The molecule has 19 heavy (non-hydrogen) atoms. The molecule has 0 aromatic carbocycles. The van der Waals surface area contributed by atoms with Gasteiger partial charge < -0.3 is 4.74 Å². The third-order valence-electron chi connectivity index (χ3n) is 5.45. The van der Waals surface area contributed by atoms with E-state index in [1.165, 1.54) is 25.7 Å². The molecule has 110 valence electrons. The fraction of sp³-hybridized carbons (Fsp3) is 0.941. The summed E-state index contributed by atoms with van der Waals surface area (Å²) in [6.45, 7) is 9.69. The minimum atomic E-state index is 0.0730. The van der Waals surface area contributed by atoms with E-state index in [4.69, 9.17) is 4.74 Å². The molecule has 2 aliphatic rings. The molecule has 1 aliphatic heterocycles. The molecule has 0 aromatic rings. The molecular weight excluding hydrogens is 236 g/mol. The lowest BCUT2D eigenvalue weighted by atomic mass is 9.75. The van der Waals surface area contributed by atoms with Crippen LogP contribution >= 0.6 is 0 Å². The highest BCUT2D eigenvalue weighted by Gasteiger charge is 2.42. The second kappa shape index (κ2) is 5.55. The predicted octanol–water partition coefficient (Wildman–Crippen LogP) is 4.37. The van der Waals surface area contributed by atoms with Gasteiger partial charge in [-0.15, -0.1) is 0 Å². The van der Waals surface area contributed by atoms with Crippen molar-refractivity contribution in [3.05, 3.63) is 0 Å². The summed E-state index contributed by atoms with van der Waals surface area (Å²) >= 11 is 0. The van der Waals surface area contributed by atoms with E-state index < -0.39 is 0 Å². The normalized spacial score (nSPS) is 28.5. The van der Waals surface area contributed by atoms with E-state index in [0.717, 1.165) is 25.9 Å². The summed E-state index contributed by atoms with van der Waals surface area (Å²) in [7, 11) is 0. The number of hydrogen-bond acceptors (Lipinski definition) is 2. The molecule has 1 heterocycles. The molecular formula is C17H30O2. The average Bonchev–Trinajstić information content (AvgIpc) is 2.76. The van der Waals surface area contributed by atoms with E-state index in [0.29, 0.717) is 11.7 Å². The Bertz CT molecular complexity index is 321. The van der Waals surface area contributed by atoms with Crippen LogP contribution in [-0.4, -0.2) is 18.0 Å². The van der Waals surface area contributed by atoms with Crippen molar-refractivity contribution in [2.45, 2.75) is 78.2 Å². The standard InChI is InChI=1S/C17H30O2/c1-13(16(2,3)4)11-15(18)14-7-10-19-17(12-14)8-5-6-9-17/h13-14H,5-12H2,1-4H3. The first-order valence-corrected chi connectivity index (χ1v) is 7.99. The van der Waals surface area contributed by atoms with Crippen LogP contribution in [0.25, 0.3) is 0 Å². The number of carbonyl (C=O) groups excluding carboxylic acids is 1. The first-order chi connectivity index (χ1) is 8.82. The third kappa shape index (κ3) is 3.59. The number of hydrogen-bond donors (Lipinski definition) is 0. The van der Waals surface area contributed by atoms with Crippen molar-refractivity contribution in [2.75, 3.05) is 6.61 Å². The summed E-state index contributed by atoms with van der Waals surface area (Å²) in [5.41, 5.74) is 0.301. The van der Waals surface area contributed by atoms with Gasteiger partial charge in [0.25, 0.3) is 0 Å². The van der Waals surface area contributed by atoms with Crippen LogP contribution in [0.15, 0.2) is 0 Å². The summed E-state index contributed by atoms with van der Waals surface area (Å²) in [6.07, 6.45) is 7.57. The molecule has 0 bridgehead atoms. The van der Waals surface area contributed by atoms with E-state index in [9.17, 15) is 4.79 Å². The maximum Gasteiger partial charge on any atom is 0.136 e. The van der Waals surface area contributed by atoms with Gasteiger partial charge >= 0.3 is 0 Å². The Hall–Kier alpha value is -0.370. The first-order valence-electron chi connectivity index (χ1n) is 7.99. The van der Waals surface area contributed by atoms with Crippen LogP contribution in [0.5, 0.6) is 0 Å². The van der Waals surface area contributed by atoms with Crippen molar-refractivity contribution in [1.29, 1.82) is 0 Å². The highest BCUT2D eigenvalue weighted by atomic mass is 16.5. The molecule has 1 saturated heterocycles. The fourth-order valence-corrected chi connectivity index (χ4v) is 3.44. The summed E-state index contributed by atoms with van der Waals surface area (Å²) < 4.78 is 6.03. The summed E-state index contributed by atoms with van der Waals surface area (Å²) in [5, 5.41) is 0. The quantitative estimate of drug-likeness (QED) is 0.758. The van der Waals surface area contributed by atoms with E-state index in [-0.39, 0.29) is 16.9 Å². The molecule has 1 aliphatic carbocycles. The van der Waals surface area contributed by atoms with Gasteiger partial charge in [0.1, 0.15) is 5.78 Å². The Labute approximate surface area is 118 Å². The monoisotopic (exact) mass is 266 g/mol. The van der Waals surface area contributed by atoms with E-state index in [2.05, 4.69) is 27.7 Å². The largest absolute Gasteiger partial charge is 0.375 e. The molecule has 0 amide bonds. The molecule has 1 spiro atoms. The zero-order chi connectivity index (χ0) is 14.1. The molecule has 2 atom stereocenters. The van der Waals surface area contributed by atoms with Gasteiger partial charge in [0, 0.05) is 18.9 Å². The lowest BCUT2D eigenvalue weighted by molar-refractivity contribution is -0.137. The maximum atomic E-state index is 12.5. The van der Waals surface area contributed by atoms with Gasteiger partial charge in [-0.3, -0.25) is 4.79 Å². The summed E-state index contributed by atoms with van der Waals surface area (Å²) in [4.78, 5) is 12.5. The van der Waals surface area contributed by atoms with Gasteiger partial charge in [0.15, 0.2) is 0 Å². The number of ketones is 1. The van der Waals surface area contributed by atoms with Crippen LogP contribution in [0.3, 0.4) is 0 Å². The van der Waals surface area contributed by atoms with Crippen molar-refractivity contribution in [3.8, 4) is 0 Å². The van der Waals surface area contributed by atoms with Crippen LogP contribution in [0.2, 0.25) is 0 Å². The average molecular weight is 266 g/mol. The molecule has 2 rings (SSSR count). The summed E-state index contributed by atoms with van der Waals surface area (Å²) in [5.74, 6) is 1.20. The molecule has 0 aromatic heterocycles. The van der Waals surface area contributed by atoms with Crippen molar-refractivity contribution in [1.82, 2.24) is 0 Å². The molecule has 0 N–H and O–H groups in total. The maximum absolute atomic E-state index is 12.5. The van der Waals surface area contributed by atoms with Gasteiger partial charge in [-0.25, -0.2) is 0 Å². The number of ether oxygens (including phenoxy) is 1. The second-order valence-corrected chi connectivity index (χ2v) is 7.87. The van der Waals surface area contributed by atoms with Crippen molar-refractivity contribution in [3.63, 3.8) is 0 Å². The van der Waals surface area contributed by atoms with Gasteiger partial charge in [-0.1, -0.05) is 40.5 Å². The number of rotatable bonds is 3. The lowest BCUT2D eigenvalue weighted by Gasteiger charge is -2.38. The molecule has 2 unspecified atom stereocenters. The van der Waals surface area contributed by atoms with Crippen molar-refractivity contribution in [2.24, 2.45) is 17.3 Å². The predicted molar refractivity (Wildman–Crippen MR) is 78.1 cm³/mol. The Kier molecular flexibility index (Phi) is 4.39. The van der Waals surface area contributed by atoms with Crippen LogP contribution < -0.4 is 0 Å². The highest BCUT2D eigenvalue weighted by molar-refractivity contribution is 5.81. The minimum absolute atomic E-state index is 0.0730. The smallest absolute Gasteiger partial charge is 0.136 e. The van der Waals surface area contributed by atoms with Gasteiger partial charge in [-0.05, 0) is 37.0 Å². The summed E-state index contributed by atoms with van der Waals surface area (Å²) in [6, 6.07) is 0. The molecule has 1 saturated carbocycles. The first kappa shape index (κ1) is 15.0. The van der Waals surface area contributed by atoms with Crippen LogP contribution in [0, 0.1) is 17.3 Å². The van der Waals surface area contributed by atoms with E-state index in [1.54, 1.807) is 0 Å². The molecule has 2 heteroatoms. The second-order valence-electron chi connectivity index (χ2n) is 7.87. The highest BCUT2D eigenvalue weighted by Crippen LogP contribution is 2.43. The topological polar surface area (TPSA) is 26.3 Å². The minimum Gasteiger partial charge on any atom is -0.375 e. The Morgan fingerprint density at radius 3 is 2.53 bits per heavy atom. The zero-order valence-electron chi connectivity index (χ0n) is 13.1. The van der Waals surface area contributed by atoms with Crippen LogP contribution in [-0.2, 0) is 9.53 Å². The number of Topliss-reactive ketones (excluding diaryl/α,β-unsaturated/α-hetero) is 1. The molecule has 2 nitrogen and oxygen atoms in total. The SMILES string of the molecule is CC(CC(=O)C1CCOC2(CCCC2)C1)C(C)(C)C. The Balaban J connectivity index is 1.92. The van der Waals surface area contributed by atoms with Gasteiger partial charge in [0.05, 0.1) is 5.60 Å². The van der Waals surface area contributed by atoms with Gasteiger partial charge in [-0.2, -0.15) is 0 Å². The van der Waals surface area contributed by atoms with E-state index in [1.807, 2.05) is 0 Å². The van der Waals surface area contributed by atoms with Crippen molar-refractivity contribution < 1.29 is 9.53 Å².